The molecule has 20 heavy (non-hydrogen) atoms. The third-order valence-corrected chi connectivity index (χ3v) is 3.03. The lowest BCUT2D eigenvalue weighted by atomic mass is 10.1. The van der Waals surface area contributed by atoms with Crippen molar-refractivity contribution in [3.63, 3.8) is 0 Å². The normalized spacial score (nSPS) is 13.0. The summed E-state index contributed by atoms with van der Waals surface area (Å²) < 4.78 is 36.3. The van der Waals surface area contributed by atoms with Crippen LogP contribution in [0.15, 0.2) is 23.4 Å². The van der Waals surface area contributed by atoms with Crippen LogP contribution in [0.5, 0.6) is 0 Å². The van der Waals surface area contributed by atoms with Gasteiger partial charge < -0.3 is 15.8 Å². The number of hydrogen-bond acceptors (Lipinski definition) is 3. The maximum atomic E-state index is 12.1. The van der Waals surface area contributed by atoms with Gasteiger partial charge in [0.1, 0.15) is 0 Å². The van der Waals surface area contributed by atoms with Gasteiger partial charge in [-0.1, -0.05) is 28.9 Å². The van der Waals surface area contributed by atoms with Crippen molar-refractivity contribution in [2.24, 2.45) is 10.9 Å². The number of amidine groups is 1. The average Bonchev–Trinajstić information content (AvgIpc) is 2.37. The molecule has 0 atom stereocenters. The molecule has 0 aliphatic carbocycles. The highest BCUT2D eigenvalue weighted by atomic mass is 35.5. The molecular weight excluding hydrogens is 295 g/mol. The average molecular weight is 310 g/mol. The Labute approximate surface area is 119 Å². The van der Waals surface area contributed by atoms with Crippen LogP contribution in [0.1, 0.15) is 17.5 Å². The molecule has 112 valence electrons. The number of nitrogens with zero attached hydrogens (tertiary/aromatic N) is 2. The molecule has 8 heteroatoms. The number of oxime groups is 1. The summed E-state index contributed by atoms with van der Waals surface area (Å²) in [4.78, 5) is 1.53. The maximum absolute atomic E-state index is 12.1. The van der Waals surface area contributed by atoms with Crippen LogP contribution in [0.25, 0.3) is 0 Å². The Morgan fingerprint density at radius 3 is 2.60 bits per heavy atom. The van der Waals surface area contributed by atoms with Gasteiger partial charge in [0.15, 0.2) is 5.84 Å². The molecule has 0 aliphatic rings. The van der Waals surface area contributed by atoms with Gasteiger partial charge in [-0.3, -0.25) is 0 Å². The molecule has 0 saturated carbocycles. The predicted octanol–water partition coefficient (Wildman–Crippen LogP) is 2.82. The Balaban J connectivity index is 2.69. The summed E-state index contributed by atoms with van der Waals surface area (Å²) in [5.74, 6) is -0.0797. The standard InChI is InChI=1S/C12H15ClF3N3O/c1-19(5-4-12(14,15)16)7-9-3-2-8(6-10(9)13)11(17)18-20/h2-3,6,20H,4-5,7H2,1H3,(H2,17,18). The zero-order chi connectivity index (χ0) is 15.3. The van der Waals surface area contributed by atoms with Gasteiger partial charge in [-0.05, 0) is 18.7 Å². The molecule has 1 rings (SSSR count). The van der Waals surface area contributed by atoms with E-state index in [0.717, 1.165) is 0 Å². The molecular formula is C12H15ClF3N3O. The van der Waals surface area contributed by atoms with Crippen LogP contribution in [-0.4, -0.2) is 35.7 Å². The van der Waals surface area contributed by atoms with E-state index in [-0.39, 0.29) is 18.9 Å². The molecule has 0 unspecified atom stereocenters. The highest BCUT2D eigenvalue weighted by Gasteiger charge is 2.27. The topological polar surface area (TPSA) is 61.8 Å². The molecule has 0 radical (unpaired) electrons. The number of alkyl halides is 3. The van der Waals surface area contributed by atoms with E-state index in [1.54, 1.807) is 19.2 Å². The van der Waals surface area contributed by atoms with Crippen LogP contribution in [0, 0.1) is 0 Å². The van der Waals surface area contributed by atoms with Crippen LogP contribution in [0.4, 0.5) is 13.2 Å². The van der Waals surface area contributed by atoms with Gasteiger partial charge in [0.05, 0.1) is 6.42 Å². The van der Waals surface area contributed by atoms with Gasteiger partial charge in [0, 0.05) is 23.7 Å². The Kier molecular flexibility index (Phi) is 5.64. The molecule has 0 bridgehead atoms. The Bertz CT molecular complexity index is 491. The van der Waals surface area contributed by atoms with E-state index in [9.17, 15) is 13.2 Å². The van der Waals surface area contributed by atoms with Gasteiger partial charge >= 0.3 is 6.18 Å². The summed E-state index contributed by atoms with van der Waals surface area (Å²) >= 11 is 6.02. The fraction of sp³-hybridized carbons (Fsp3) is 0.417. The van der Waals surface area contributed by atoms with E-state index in [1.165, 1.54) is 11.0 Å². The first-order valence-electron chi connectivity index (χ1n) is 5.74. The summed E-state index contributed by atoms with van der Waals surface area (Å²) in [5, 5.41) is 11.7. The van der Waals surface area contributed by atoms with Crippen molar-refractivity contribution >= 4 is 17.4 Å². The lowest BCUT2D eigenvalue weighted by Gasteiger charge is -2.18. The van der Waals surface area contributed by atoms with Crippen molar-refractivity contribution in [1.29, 1.82) is 0 Å². The van der Waals surface area contributed by atoms with Crippen molar-refractivity contribution in [3.05, 3.63) is 34.3 Å². The van der Waals surface area contributed by atoms with Crippen LogP contribution in [0.3, 0.4) is 0 Å². The van der Waals surface area contributed by atoms with Crippen LogP contribution in [-0.2, 0) is 6.54 Å². The van der Waals surface area contributed by atoms with E-state index in [1.807, 2.05) is 0 Å². The van der Waals surface area contributed by atoms with Crippen molar-refractivity contribution in [1.82, 2.24) is 4.90 Å². The molecule has 0 aliphatic heterocycles. The lowest BCUT2D eigenvalue weighted by Crippen LogP contribution is -2.24. The number of nitrogens with two attached hydrogens (primary N) is 1. The SMILES string of the molecule is CN(CCC(F)(F)F)Cc1ccc(/C(N)=N/O)cc1Cl. The van der Waals surface area contributed by atoms with Gasteiger partial charge in [0.2, 0.25) is 0 Å². The number of rotatable bonds is 5. The minimum absolute atomic E-state index is 0.0797. The first-order valence-corrected chi connectivity index (χ1v) is 6.12. The van der Waals surface area contributed by atoms with E-state index >= 15 is 0 Å². The summed E-state index contributed by atoms with van der Waals surface area (Å²) in [5.41, 5.74) is 6.53. The Morgan fingerprint density at radius 2 is 2.10 bits per heavy atom. The van der Waals surface area contributed by atoms with E-state index in [4.69, 9.17) is 22.5 Å². The van der Waals surface area contributed by atoms with E-state index in [0.29, 0.717) is 16.1 Å². The second-order valence-corrected chi connectivity index (χ2v) is 4.80. The van der Waals surface area contributed by atoms with Gasteiger partial charge in [-0.2, -0.15) is 13.2 Å². The Morgan fingerprint density at radius 1 is 1.45 bits per heavy atom. The number of benzene rings is 1. The minimum Gasteiger partial charge on any atom is -0.409 e. The molecule has 0 spiro atoms. The smallest absolute Gasteiger partial charge is 0.390 e. The molecule has 4 nitrogen and oxygen atoms in total. The van der Waals surface area contributed by atoms with Crippen LogP contribution >= 0.6 is 11.6 Å². The van der Waals surface area contributed by atoms with Crippen molar-refractivity contribution < 1.29 is 18.4 Å². The fourth-order valence-corrected chi connectivity index (χ4v) is 1.82. The predicted molar refractivity (Wildman–Crippen MR) is 71.0 cm³/mol. The summed E-state index contributed by atoms with van der Waals surface area (Å²) in [6, 6.07) is 4.73. The molecule has 0 aromatic heterocycles. The first kappa shape index (κ1) is 16.6. The molecule has 1 aromatic rings. The van der Waals surface area contributed by atoms with Crippen LogP contribution in [0.2, 0.25) is 5.02 Å². The zero-order valence-electron chi connectivity index (χ0n) is 10.8. The molecule has 0 heterocycles. The lowest BCUT2D eigenvalue weighted by molar-refractivity contribution is -0.137. The van der Waals surface area contributed by atoms with Crippen molar-refractivity contribution in [2.45, 2.75) is 19.1 Å². The third-order valence-electron chi connectivity index (χ3n) is 2.67. The van der Waals surface area contributed by atoms with Crippen molar-refractivity contribution in [2.75, 3.05) is 13.6 Å². The van der Waals surface area contributed by atoms with Gasteiger partial charge in [0.25, 0.3) is 0 Å². The molecule has 3 N–H and O–H groups in total. The highest BCUT2D eigenvalue weighted by Crippen LogP contribution is 2.22. The molecule has 0 fully saturated rings. The maximum Gasteiger partial charge on any atom is 0.390 e. The molecule has 0 amide bonds. The van der Waals surface area contributed by atoms with Crippen molar-refractivity contribution in [3.8, 4) is 0 Å². The first-order chi connectivity index (χ1) is 9.23. The largest absolute Gasteiger partial charge is 0.409 e. The highest BCUT2D eigenvalue weighted by molar-refractivity contribution is 6.31. The van der Waals surface area contributed by atoms with Gasteiger partial charge in [-0.25, -0.2) is 0 Å². The minimum atomic E-state index is -4.17. The number of hydrogen-bond donors (Lipinski definition) is 2. The fourth-order valence-electron chi connectivity index (χ4n) is 1.58. The molecule has 0 saturated heterocycles. The zero-order valence-corrected chi connectivity index (χ0v) is 11.5. The third kappa shape index (κ3) is 5.26. The van der Waals surface area contributed by atoms with E-state index < -0.39 is 12.6 Å². The second-order valence-electron chi connectivity index (χ2n) is 4.39. The second kappa shape index (κ2) is 6.81. The molecule has 1 aromatic carbocycles. The summed E-state index contributed by atoms with van der Waals surface area (Å²) in [7, 11) is 1.58. The van der Waals surface area contributed by atoms with Crippen LogP contribution < -0.4 is 5.73 Å². The van der Waals surface area contributed by atoms with Gasteiger partial charge in [-0.15, -0.1) is 0 Å². The summed E-state index contributed by atoms with van der Waals surface area (Å²) in [6.07, 6.45) is -5.04. The quantitative estimate of drug-likeness (QED) is 0.380. The van der Waals surface area contributed by atoms with E-state index in [2.05, 4.69) is 5.16 Å². The Hall–Kier alpha value is -1.47. The monoisotopic (exact) mass is 309 g/mol. The number of halogens is 4. The summed E-state index contributed by atoms with van der Waals surface area (Å²) in [6.45, 7) is 0.174.